The normalized spacial score (nSPS) is 22.9. The molecule has 3 aliphatic rings. The van der Waals surface area contributed by atoms with E-state index < -0.39 is 11.9 Å². The molecule has 0 aliphatic carbocycles. The van der Waals surface area contributed by atoms with Gasteiger partial charge in [0.2, 0.25) is 5.91 Å². The second kappa shape index (κ2) is 6.42. The summed E-state index contributed by atoms with van der Waals surface area (Å²) in [7, 11) is 0. The van der Waals surface area contributed by atoms with E-state index in [1.807, 2.05) is 0 Å². The number of rotatable bonds is 2. The molecule has 1 spiro atoms. The van der Waals surface area contributed by atoms with Crippen molar-refractivity contribution in [3.8, 4) is 0 Å². The van der Waals surface area contributed by atoms with Crippen LogP contribution in [-0.4, -0.2) is 63.7 Å². The van der Waals surface area contributed by atoms with Gasteiger partial charge in [-0.25, -0.2) is 4.79 Å². The van der Waals surface area contributed by atoms with Gasteiger partial charge in [-0.05, 0) is 37.7 Å². The number of halogens is 3. The number of H-pyrrole nitrogens is 1. The minimum absolute atomic E-state index is 0.0129. The molecule has 3 fully saturated rings. The van der Waals surface area contributed by atoms with Gasteiger partial charge in [-0.3, -0.25) is 9.89 Å². The maximum Gasteiger partial charge on any atom is 0.435 e. The van der Waals surface area contributed by atoms with E-state index in [0.717, 1.165) is 25.3 Å². The van der Waals surface area contributed by atoms with Gasteiger partial charge < -0.3 is 15.1 Å². The van der Waals surface area contributed by atoms with Crippen LogP contribution in [0.1, 0.15) is 37.1 Å². The molecule has 10 heteroatoms. The summed E-state index contributed by atoms with van der Waals surface area (Å²) < 4.78 is 37.8. The molecule has 0 saturated carbocycles. The summed E-state index contributed by atoms with van der Waals surface area (Å²) in [5.74, 6) is 0.280. The molecule has 148 valence electrons. The lowest BCUT2D eigenvalue weighted by molar-refractivity contribution is -0.141. The van der Waals surface area contributed by atoms with Crippen molar-refractivity contribution >= 4 is 11.9 Å². The number of aromatic nitrogens is 2. The molecule has 4 heterocycles. The number of aromatic amines is 1. The molecule has 4 rings (SSSR count). The van der Waals surface area contributed by atoms with Gasteiger partial charge in [-0.1, -0.05) is 0 Å². The lowest BCUT2D eigenvalue weighted by Crippen LogP contribution is -2.70. The standard InChI is InChI=1S/C17H22F3N5O2/c18-17(19,20)13-8-12(22-23-13)7-11-2-5-24(6-3-11)15(27)25-9-16(10-25)4-1-14(26)21-16/h8,11H,1-7,9-10H2,(H,21,26)(H,22,23). The van der Waals surface area contributed by atoms with Gasteiger partial charge >= 0.3 is 12.2 Å². The Bertz CT molecular complexity index is 733. The quantitative estimate of drug-likeness (QED) is 0.814. The van der Waals surface area contributed by atoms with Crippen molar-refractivity contribution in [1.29, 1.82) is 0 Å². The summed E-state index contributed by atoms with van der Waals surface area (Å²) in [6, 6.07) is 1.05. The SMILES string of the molecule is O=C1CCC2(CN(C(=O)N3CCC(Cc4cc(C(F)(F)F)n[nH]4)CC3)C2)N1. The largest absolute Gasteiger partial charge is 0.435 e. The number of hydrogen-bond donors (Lipinski definition) is 2. The monoisotopic (exact) mass is 385 g/mol. The average molecular weight is 385 g/mol. The molecule has 0 radical (unpaired) electrons. The zero-order chi connectivity index (χ0) is 19.2. The molecule has 1 aromatic heterocycles. The van der Waals surface area contributed by atoms with Crippen LogP contribution >= 0.6 is 0 Å². The number of likely N-dealkylation sites (tertiary alicyclic amines) is 2. The highest BCUT2D eigenvalue weighted by Gasteiger charge is 2.50. The van der Waals surface area contributed by atoms with Crippen LogP contribution in [0, 0.1) is 5.92 Å². The molecule has 0 aromatic carbocycles. The molecule has 27 heavy (non-hydrogen) atoms. The number of hydrogen-bond acceptors (Lipinski definition) is 3. The number of piperidine rings is 1. The van der Waals surface area contributed by atoms with E-state index in [2.05, 4.69) is 15.5 Å². The second-order valence-electron chi connectivity index (χ2n) is 7.88. The molecule has 3 aliphatic heterocycles. The molecule has 2 N–H and O–H groups in total. The van der Waals surface area contributed by atoms with Gasteiger partial charge in [0.1, 0.15) is 0 Å². The van der Waals surface area contributed by atoms with Crippen LogP contribution in [0.2, 0.25) is 0 Å². The van der Waals surface area contributed by atoms with Crippen LogP contribution in [0.4, 0.5) is 18.0 Å². The molecule has 0 bridgehead atoms. The van der Waals surface area contributed by atoms with Crippen molar-refractivity contribution < 1.29 is 22.8 Å². The zero-order valence-corrected chi connectivity index (χ0v) is 14.8. The fourth-order valence-electron chi connectivity index (χ4n) is 4.28. The first-order valence-corrected chi connectivity index (χ1v) is 9.20. The Labute approximate surface area is 154 Å². The highest BCUT2D eigenvalue weighted by molar-refractivity contribution is 5.82. The minimum Gasteiger partial charge on any atom is -0.347 e. The van der Waals surface area contributed by atoms with Crippen LogP contribution in [0.5, 0.6) is 0 Å². The van der Waals surface area contributed by atoms with Crippen molar-refractivity contribution in [3.63, 3.8) is 0 Å². The first-order chi connectivity index (χ1) is 12.7. The second-order valence-corrected chi connectivity index (χ2v) is 7.88. The third-order valence-electron chi connectivity index (χ3n) is 5.81. The van der Waals surface area contributed by atoms with Crippen LogP contribution in [-0.2, 0) is 17.4 Å². The summed E-state index contributed by atoms with van der Waals surface area (Å²) in [4.78, 5) is 27.5. The molecule has 3 amide bonds. The van der Waals surface area contributed by atoms with Gasteiger partial charge in [0, 0.05) is 38.3 Å². The lowest BCUT2D eigenvalue weighted by atomic mass is 9.88. The first-order valence-electron chi connectivity index (χ1n) is 9.20. The molecule has 0 unspecified atom stereocenters. The van der Waals surface area contributed by atoms with E-state index in [9.17, 15) is 22.8 Å². The molecular weight excluding hydrogens is 363 g/mol. The average Bonchev–Trinajstić information content (AvgIpc) is 3.20. The Kier molecular flexibility index (Phi) is 4.31. The number of urea groups is 1. The van der Waals surface area contributed by atoms with Crippen molar-refractivity contribution in [2.45, 2.75) is 43.8 Å². The van der Waals surface area contributed by atoms with Crippen molar-refractivity contribution in [2.75, 3.05) is 26.2 Å². The van der Waals surface area contributed by atoms with Crippen molar-refractivity contribution in [3.05, 3.63) is 17.5 Å². The van der Waals surface area contributed by atoms with Crippen LogP contribution in [0.15, 0.2) is 6.07 Å². The number of carbonyl (C=O) groups is 2. The fourth-order valence-corrected chi connectivity index (χ4v) is 4.28. The Morgan fingerprint density at radius 1 is 1.26 bits per heavy atom. The Morgan fingerprint density at radius 2 is 1.96 bits per heavy atom. The summed E-state index contributed by atoms with van der Waals surface area (Å²) in [6.45, 7) is 2.32. The Balaban J connectivity index is 1.24. The van der Waals surface area contributed by atoms with Gasteiger partial charge in [0.25, 0.3) is 0 Å². The minimum atomic E-state index is -4.43. The number of nitrogens with one attached hydrogen (secondary N) is 2. The van der Waals surface area contributed by atoms with Gasteiger partial charge in [0.05, 0.1) is 5.54 Å². The topological polar surface area (TPSA) is 81.3 Å². The van der Waals surface area contributed by atoms with E-state index in [1.54, 1.807) is 9.80 Å². The fraction of sp³-hybridized carbons (Fsp3) is 0.706. The number of nitrogens with zero attached hydrogens (tertiary/aromatic N) is 3. The Morgan fingerprint density at radius 3 is 2.52 bits per heavy atom. The molecule has 0 atom stereocenters. The third-order valence-corrected chi connectivity index (χ3v) is 5.81. The summed E-state index contributed by atoms with van der Waals surface area (Å²) >= 11 is 0. The van der Waals surface area contributed by atoms with Gasteiger partial charge in [-0.15, -0.1) is 0 Å². The van der Waals surface area contributed by atoms with E-state index in [0.29, 0.717) is 44.7 Å². The number of amides is 3. The molecule has 3 saturated heterocycles. The van der Waals surface area contributed by atoms with Gasteiger partial charge in [-0.2, -0.15) is 18.3 Å². The van der Waals surface area contributed by atoms with Crippen LogP contribution in [0.3, 0.4) is 0 Å². The van der Waals surface area contributed by atoms with Crippen LogP contribution in [0.25, 0.3) is 0 Å². The summed E-state index contributed by atoms with van der Waals surface area (Å²) in [5, 5.41) is 8.76. The lowest BCUT2D eigenvalue weighted by Gasteiger charge is -2.49. The predicted octanol–water partition coefficient (Wildman–Crippen LogP) is 1.77. The van der Waals surface area contributed by atoms with Gasteiger partial charge in [0.15, 0.2) is 5.69 Å². The van der Waals surface area contributed by atoms with E-state index in [4.69, 9.17) is 0 Å². The summed E-state index contributed by atoms with van der Waals surface area (Å²) in [6.07, 6.45) is -1.12. The van der Waals surface area contributed by atoms with E-state index in [1.165, 1.54) is 0 Å². The molecule has 1 aromatic rings. The van der Waals surface area contributed by atoms with Crippen molar-refractivity contribution in [2.24, 2.45) is 5.92 Å². The zero-order valence-electron chi connectivity index (χ0n) is 14.8. The van der Waals surface area contributed by atoms with Crippen molar-refractivity contribution in [1.82, 2.24) is 25.3 Å². The van der Waals surface area contributed by atoms with E-state index in [-0.39, 0.29) is 23.4 Å². The first kappa shape index (κ1) is 18.1. The highest BCUT2D eigenvalue weighted by atomic mass is 19.4. The number of alkyl halides is 3. The molecule has 7 nitrogen and oxygen atoms in total. The summed E-state index contributed by atoms with van der Waals surface area (Å²) in [5.41, 5.74) is -0.633. The molecular formula is C17H22F3N5O2. The maximum absolute atomic E-state index is 12.6. The maximum atomic E-state index is 12.6. The number of carbonyl (C=O) groups excluding carboxylic acids is 2. The predicted molar refractivity (Wildman–Crippen MR) is 88.7 cm³/mol. The smallest absolute Gasteiger partial charge is 0.347 e. The third kappa shape index (κ3) is 3.61. The Hall–Kier alpha value is -2.26. The highest BCUT2D eigenvalue weighted by Crippen LogP contribution is 2.32. The van der Waals surface area contributed by atoms with Crippen LogP contribution < -0.4 is 5.32 Å². The van der Waals surface area contributed by atoms with E-state index >= 15 is 0 Å².